The monoisotopic (exact) mass is 249 g/mol. The molecular weight excluding hydrogens is 234 g/mol. The maximum atomic E-state index is 11.1. The van der Waals surface area contributed by atoms with Crippen LogP contribution in [0.5, 0.6) is 0 Å². The summed E-state index contributed by atoms with van der Waals surface area (Å²) >= 11 is 0. The number of nitriles is 1. The lowest BCUT2D eigenvalue weighted by Crippen LogP contribution is -2.29. The van der Waals surface area contributed by atoms with Gasteiger partial charge in [0.25, 0.3) is 0 Å². The molecule has 0 aliphatic rings. The Hall–Kier alpha value is -2.33. The van der Waals surface area contributed by atoms with Crippen LogP contribution in [0.4, 0.5) is 17.1 Å². The van der Waals surface area contributed by atoms with Crippen molar-refractivity contribution in [3.05, 3.63) is 28.3 Å². The number of hydrazine groups is 1. The van der Waals surface area contributed by atoms with E-state index in [0.29, 0.717) is 5.69 Å². The van der Waals surface area contributed by atoms with Crippen molar-refractivity contribution in [2.45, 2.75) is 19.4 Å². The lowest BCUT2D eigenvalue weighted by molar-refractivity contribution is -0.383. The Labute approximate surface area is 105 Å². The first kappa shape index (κ1) is 13.7. The number of nitrogens with zero attached hydrogens (tertiary/aromatic N) is 3. The molecule has 0 saturated carbocycles. The number of nitrogen functional groups attached to an aromatic ring is 1. The molecule has 7 heteroatoms. The molecule has 3 N–H and O–H groups in total. The highest BCUT2D eigenvalue weighted by molar-refractivity contribution is 5.76. The first-order chi connectivity index (χ1) is 8.52. The van der Waals surface area contributed by atoms with Crippen molar-refractivity contribution in [1.29, 1.82) is 5.26 Å². The number of hydrogen-bond donors (Lipinski definition) is 2. The number of nitro benzene ring substituents is 1. The van der Waals surface area contributed by atoms with Gasteiger partial charge in [-0.25, -0.2) is 0 Å². The summed E-state index contributed by atoms with van der Waals surface area (Å²) in [6.07, 6.45) is 0.286. The standard InChI is InChI=1S/C11H15N5O2/c1-8(6-7-12)15(2)10-5-3-4-9(14-13)11(10)16(17)18/h3-5,8,14H,6,13H2,1-2H3. The zero-order valence-corrected chi connectivity index (χ0v) is 10.3. The van der Waals surface area contributed by atoms with Crippen molar-refractivity contribution in [3.8, 4) is 6.07 Å². The van der Waals surface area contributed by atoms with Gasteiger partial charge in [-0.05, 0) is 19.1 Å². The summed E-state index contributed by atoms with van der Waals surface area (Å²) < 4.78 is 0. The van der Waals surface area contributed by atoms with E-state index in [0.717, 1.165) is 0 Å². The van der Waals surface area contributed by atoms with Crippen LogP contribution in [0.15, 0.2) is 18.2 Å². The van der Waals surface area contributed by atoms with Crippen LogP contribution in [0.1, 0.15) is 13.3 Å². The molecule has 1 unspecified atom stereocenters. The molecule has 96 valence electrons. The topological polar surface area (TPSA) is 108 Å². The lowest BCUT2D eigenvalue weighted by Gasteiger charge is -2.25. The molecule has 0 aliphatic carbocycles. The zero-order chi connectivity index (χ0) is 13.7. The van der Waals surface area contributed by atoms with E-state index in [1.807, 2.05) is 13.0 Å². The van der Waals surface area contributed by atoms with Crippen molar-refractivity contribution in [3.63, 3.8) is 0 Å². The Morgan fingerprint density at radius 3 is 2.83 bits per heavy atom. The fourth-order valence-electron chi connectivity index (χ4n) is 1.63. The van der Waals surface area contributed by atoms with Crippen LogP contribution in [-0.2, 0) is 0 Å². The summed E-state index contributed by atoms with van der Waals surface area (Å²) in [6.45, 7) is 1.83. The van der Waals surface area contributed by atoms with Gasteiger partial charge in [-0.3, -0.25) is 16.0 Å². The molecule has 0 saturated heterocycles. The minimum Gasteiger partial charge on any atom is -0.365 e. The summed E-state index contributed by atoms with van der Waals surface area (Å²) in [7, 11) is 1.71. The fraction of sp³-hybridized carbons (Fsp3) is 0.364. The highest BCUT2D eigenvalue weighted by atomic mass is 16.6. The van der Waals surface area contributed by atoms with E-state index in [1.165, 1.54) is 6.07 Å². The van der Waals surface area contributed by atoms with Gasteiger partial charge in [0, 0.05) is 13.1 Å². The summed E-state index contributed by atoms with van der Waals surface area (Å²) in [5, 5.41) is 19.8. The van der Waals surface area contributed by atoms with Gasteiger partial charge in [0.15, 0.2) is 0 Å². The van der Waals surface area contributed by atoms with E-state index in [1.54, 1.807) is 24.1 Å². The summed E-state index contributed by atoms with van der Waals surface area (Å²) in [5.41, 5.74) is 2.89. The second-order valence-electron chi connectivity index (χ2n) is 3.90. The van der Waals surface area contributed by atoms with Crippen molar-refractivity contribution in [2.24, 2.45) is 5.84 Å². The number of nitrogens with one attached hydrogen (secondary N) is 1. The molecule has 18 heavy (non-hydrogen) atoms. The zero-order valence-electron chi connectivity index (χ0n) is 10.3. The van der Waals surface area contributed by atoms with E-state index in [2.05, 4.69) is 5.43 Å². The quantitative estimate of drug-likeness (QED) is 0.466. The summed E-state index contributed by atoms with van der Waals surface area (Å²) in [4.78, 5) is 12.3. The van der Waals surface area contributed by atoms with Crippen molar-refractivity contribution >= 4 is 17.1 Å². The van der Waals surface area contributed by atoms with E-state index < -0.39 is 4.92 Å². The molecule has 7 nitrogen and oxygen atoms in total. The van der Waals surface area contributed by atoms with Crippen LogP contribution in [0.25, 0.3) is 0 Å². The van der Waals surface area contributed by atoms with Gasteiger partial charge in [-0.2, -0.15) is 5.26 Å². The number of nitro groups is 1. The molecular formula is C11H15N5O2. The van der Waals surface area contributed by atoms with Crippen LogP contribution in [0.2, 0.25) is 0 Å². The smallest absolute Gasteiger partial charge is 0.316 e. The summed E-state index contributed by atoms with van der Waals surface area (Å²) in [5.74, 6) is 5.27. The minimum atomic E-state index is -0.486. The Morgan fingerprint density at radius 1 is 1.67 bits per heavy atom. The Balaban J connectivity index is 3.24. The summed E-state index contributed by atoms with van der Waals surface area (Å²) in [6, 6.07) is 6.76. The highest BCUT2D eigenvalue weighted by Gasteiger charge is 2.23. The Morgan fingerprint density at radius 2 is 2.33 bits per heavy atom. The van der Waals surface area contributed by atoms with Crippen LogP contribution in [-0.4, -0.2) is 18.0 Å². The maximum Gasteiger partial charge on any atom is 0.316 e. The Kier molecular flexibility index (Phi) is 4.45. The number of para-hydroxylation sites is 1. The molecule has 0 spiro atoms. The van der Waals surface area contributed by atoms with E-state index in [4.69, 9.17) is 11.1 Å². The molecule has 0 heterocycles. The van der Waals surface area contributed by atoms with Gasteiger partial charge in [0.1, 0.15) is 11.4 Å². The van der Waals surface area contributed by atoms with E-state index in [9.17, 15) is 10.1 Å². The first-order valence-electron chi connectivity index (χ1n) is 5.36. The number of rotatable bonds is 5. The average Bonchev–Trinajstić information content (AvgIpc) is 2.36. The average molecular weight is 249 g/mol. The predicted molar refractivity (Wildman–Crippen MR) is 69.0 cm³/mol. The number of hydrogen-bond acceptors (Lipinski definition) is 6. The van der Waals surface area contributed by atoms with Crippen molar-refractivity contribution < 1.29 is 4.92 Å². The maximum absolute atomic E-state index is 11.1. The third-order valence-corrected chi connectivity index (χ3v) is 2.78. The normalized spacial score (nSPS) is 11.4. The third kappa shape index (κ3) is 2.67. The lowest BCUT2D eigenvalue weighted by atomic mass is 10.1. The fourth-order valence-corrected chi connectivity index (χ4v) is 1.63. The van der Waals surface area contributed by atoms with Gasteiger partial charge < -0.3 is 10.3 Å². The molecule has 0 radical (unpaired) electrons. The third-order valence-electron chi connectivity index (χ3n) is 2.78. The predicted octanol–water partition coefficient (Wildman–Crippen LogP) is 1.62. The van der Waals surface area contributed by atoms with Gasteiger partial charge in [0.05, 0.1) is 17.4 Å². The molecule has 1 atom stereocenters. The van der Waals surface area contributed by atoms with Crippen LogP contribution >= 0.6 is 0 Å². The first-order valence-corrected chi connectivity index (χ1v) is 5.36. The van der Waals surface area contributed by atoms with Gasteiger partial charge in [-0.1, -0.05) is 6.07 Å². The van der Waals surface area contributed by atoms with Gasteiger partial charge >= 0.3 is 5.69 Å². The highest BCUT2D eigenvalue weighted by Crippen LogP contribution is 2.35. The largest absolute Gasteiger partial charge is 0.365 e. The second-order valence-corrected chi connectivity index (χ2v) is 3.90. The molecule has 0 aromatic heterocycles. The SMILES string of the molecule is CC(CC#N)N(C)c1cccc(NN)c1[N+](=O)[O-]. The van der Waals surface area contributed by atoms with Crippen molar-refractivity contribution in [1.82, 2.24) is 0 Å². The van der Waals surface area contributed by atoms with E-state index >= 15 is 0 Å². The van der Waals surface area contributed by atoms with Gasteiger partial charge in [0.2, 0.25) is 0 Å². The van der Waals surface area contributed by atoms with Crippen LogP contribution in [0.3, 0.4) is 0 Å². The second kappa shape index (κ2) is 5.84. The van der Waals surface area contributed by atoms with E-state index in [-0.39, 0.29) is 23.8 Å². The molecule has 0 fully saturated rings. The Bertz CT molecular complexity index is 483. The molecule has 0 bridgehead atoms. The molecule has 0 amide bonds. The minimum absolute atomic E-state index is 0.0905. The molecule has 0 aliphatic heterocycles. The number of anilines is 2. The van der Waals surface area contributed by atoms with Crippen LogP contribution < -0.4 is 16.2 Å². The van der Waals surface area contributed by atoms with Crippen molar-refractivity contribution in [2.75, 3.05) is 17.4 Å². The molecule has 1 aromatic rings. The van der Waals surface area contributed by atoms with Crippen LogP contribution in [0, 0.1) is 21.4 Å². The number of nitrogens with two attached hydrogens (primary N) is 1. The molecule has 1 rings (SSSR count). The molecule has 1 aromatic carbocycles. The number of benzene rings is 1. The van der Waals surface area contributed by atoms with Gasteiger partial charge in [-0.15, -0.1) is 0 Å².